The smallest absolute Gasteiger partial charge is 0.330 e. The molecule has 0 saturated carbocycles. The van der Waals surface area contributed by atoms with Crippen LogP contribution in [0.4, 0.5) is 11.5 Å². The summed E-state index contributed by atoms with van der Waals surface area (Å²) in [5.74, 6) is -1.39. The third-order valence-electron chi connectivity index (χ3n) is 2.62. The molecular weight excluding hydrogens is 302 g/mol. The van der Waals surface area contributed by atoms with Crippen molar-refractivity contribution >= 4 is 29.1 Å². The minimum Gasteiger partial charge on any atom is -0.479 e. The number of nitro groups is 1. The molecule has 2 aromatic rings. The Hall–Kier alpha value is -2.68. The number of aliphatic carboxylic acids is 1. The Bertz CT molecular complexity index is 702. The first-order valence-electron chi connectivity index (χ1n) is 5.66. The van der Waals surface area contributed by atoms with Crippen molar-refractivity contribution in [3.05, 3.63) is 45.4 Å². The third-order valence-corrected chi connectivity index (χ3v) is 2.82. The van der Waals surface area contributed by atoms with E-state index in [0.29, 0.717) is 5.56 Å². The molecule has 0 aliphatic rings. The summed E-state index contributed by atoms with van der Waals surface area (Å²) in [6.45, 7) is 0. The average molecular weight is 312 g/mol. The van der Waals surface area contributed by atoms with Gasteiger partial charge < -0.3 is 10.4 Å². The minimum absolute atomic E-state index is 0.0838. The number of nitrogens with zero attached hydrogens (tertiary/aromatic N) is 4. The van der Waals surface area contributed by atoms with Gasteiger partial charge in [0.15, 0.2) is 6.04 Å². The van der Waals surface area contributed by atoms with Crippen LogP contribution in [-0.4, -0.2) is 30.8 Å². The predicted molar refractivity (Wildman–Crippen MR) is 73.1 cm³/mol. The van der Waals surface area contributed by atoms with Gasteiger partial charge in [0.2, 0.25) is 5.82 Å². The summed E-state index contributed by atoms with van der Waals surface area (Å²) >= 11 is 5.66. The van der Waals surface area contributed by atoms with Crippen molar-refractivity contribution < 1.29 is 14.8 Å². The number of anilines is 1. The zero-order chi connectivity index (χ0) is 15.6. The monoisotopic (exact) mass is 311 g/mol. The Morgan fingerprint density at radius 3 is 2.81 bits per heavy atom. The van der Waals surface area contributed by atoms with Crippen molar-refractivity contribution in [2.45, 2.75) is 6.04 Å². The molecule has 2 rings (SSSR count). The molecule has 2 N–H and O–H groups in total. The van der Waals surface area contributed by atoms with Gasteiger partial charge in [0.25, 0.3) is 0 Å². The van der Waals surface area contributed by atoms with Crippen LogP contribution in [0.3, 0.4) is 0 Å². The SMILES string of the molecule is Cn1cc(C(Nc2ncc(Cl)cc2[N+](=O)[O-])C(=O)O)cn1. The van der Waals surface area contributed by atoms with Crippen LogP contribution in [0.1, 0.15) is 11.6 Å². The van der Waals surface area contributed by atoms with E-state index < -0.39 is 22.6 Å². The van der Waals surface area contributed by atoms with E-state index in [1.807, 2.05) is 0 Å². The zero-order valence-corrected chi connectivity index (χ0v) is 11.5. The highest BCUT2D eigenvalue weighted by atomic mass is 35.5. The summed E-state index contributed by atoms with van der Waals surface area (Å²) in [6.07, 6.45) is 4.04. The largest absolute Gasteiger partial charge is 0.479 e. The lowest BCUT2D eigenvalue weighted by molar-refractivity contribution is -0.384. The lowest BCUT2D eigenvalue weighted by atomic mass is 10.1. The van der Waals surface area contributed by atoms with Crippen molar-refractivity contribution in [2.75, 3.05) is 5.32 Å². The normalized spacial score (nSPS) is 11.9. The molecule has 1 unspecified atom stereocenters. The summed E-state index contributed by atoms with van der Waals surface area (Å²) in [5, 5.41) is 26.7. The number of carboxylic acid groups (broad SMARTS) is 1. The molecule has 110 valence electrons. The van der Waals surface area contributed by atoms with Crippen LogP contribution in [0.15, 0.2) is 24.7 Å². The topological polar surface area (TPSA) is 123 Å². The number of rotatable bonds is 5. The van der Waals surface area contributed by atoms with Crippen molar-refractivity contribution in [1.82, 2.24) is 14.8 Å². The van der Waals surface area contributed by atoms with E-state index in [1.54, 1.807) is 7.05 Å². The van der Waals surface area contributed by atoms with Gasteiger partial charge in [-0.05, 0) is 0 Å². The molecule has 10 heteroatoms. The fourth-order valence-electron chi connectivity index (χ4n) is 1.69. The second kappa shape index (κ2) is 5.75. The quantitative estimate of drug-likeness (QED) is 0.635. The van der Waals surface area contributed by atoms with Gasteiger partial charge in [0, 0.05) is 31.1 Å². The number of hydrogen-bond acceptors (Lipinski definition) is 6. The first-order chi connectivity index (χ1) is 9.88. The van der Waals surface area contributed by atoms with Crippen molar-refractivity contribution in [1.29, 1.82) is 0 Å². The van der Waals surface area contributed by atoms with E-state index in [-0.39, 0.29) is 10.8 Å². The van der Waals surface area contributed by atoms with E-state index in [1.165, 1.54) is 23.3 Å². The molecule has 0 fully saturated rings. The molecule has 0 bridgehead atoms. The van der Waals surface area contributed by atoms with Gasteiger partial charge >= 0.3 is 11.7 Å². The molecular formula is C11H10ClN5O4. The van der Waals surface area contributed by atoms with Crippen LogP contribution < -0.4 is 5.32 Å². The molecule has 0 aliphatic heterocycles. The van der Waals surface area contributed by atoms with E-state index in [9.17, 15) is 20.0 Å². The van der Waals surface area contributed by atoms with Crippen LogP contribution in [0.25, 0.3) is 0 Å². The Morgan fingerprint density at radius 1 is 1.57 bits per heavy atom. The highest BCUT2D eigenvalue weighted by Crippen LogP contribution is 2.28. The van der Waals surface area contributed by atoms with E-state index in [4.69, 9.17) is 11.6 Å². The number of hydrogen-bond donors (Lipinski definition) is 2. The Balaban J connectivity index is 2.38. The maximum Gasteiger partial charge on any atom is 0.330 e. The lowest BCUT2D eigenvalue weighted by Gasteiger charge is -2.13. The second-order valence-corrected chi connectivity index (χ2v) is 4.58. The minimum atomic E-state index is -1.22. The highest BCUT2D eigenvalue weighted by molar-refractivity contribution is 6.30. The average Bonchev–Trinajstić information content (AvgIpc) is 2.83. The van der Waals surface area contributed by atoms with Crippen LogP contribution in [0.2, 0.25) is 5.02 Å². The summed E-state index contributed by atoms with van der Waals surface area (Å²) in [7, 11) is 1.63. The van der Waals surface area contributed by atoms with Gasteiger partial charge in [0.05, 0.1) is 16.1 Å². The molecule has 0 amide bonds. The molecule has 21 heavy (non-hydrogen) atoms. The summed E-state index contributed by atoms with van der Waals surface area (Å²) in [4.78, 5) is 25.4. The molecule has 2 aromatic heterocycles. The standard InChI is InChI=1S/C11H10ClN5O4/c1-16-5-6(3-14-16)9(11(18)19)15-10-8(17(20)21)2-7(12)4-13-10/h2-5,9H,1H3,(H,13,15)(H,18,19). The van der Waals surface area contributed by atoms with Crippen molar-refractivity contribution in [3.8, 4) is 0 Å². The number of halogens is 1. The van der Waals surface area contributed by atoms with E-state index in [2.05, 4.69) is 15.4 Å². The maximum atomic E-state index is 11.3. The number of aryl methyl sites for hydroxylation is 1. The Kier molecular flexibility index (Phi) is 4.03. The molecule has 0 saturated heterocycles. The molecule has 1 atom stereocenters. The lowest BCUT2D eigenvalue weighted by Crippen LogP contribution is -2.21. The van der Waals surface area contributed by atoms with Crippen LogP contribution in [0.5, 0.6) is 0 Å². The van der Waals surface area contributed by atoms with Gasteiger partial charge in [-0.15, -0.1) is 0 Å². The van der Waals surface area contributed by atoms with Gasteiger partial charge in [-0.3, -0.25) is 14.8 Å². The van der Waals surface area contributed by atoms with Gasteiger partial charge in [-0.25, -0.2) is 9.78 Å². The number of carboxylic acids is 1. The fourth-order valence-corrected chi connectivity index (χ4v) is 1.84. The number of pyridine rings is 1. The van der Waals surface area contributed by atoms with Gasteiger partial charge in [-0.2, -0.15) is 5.10 Å². The van der Waals surface area contributed by atoms with E-state index >= 15 is 0 Å². The van der Waals surface area contributed by atoms with Crippen LogP contribution in [0, 0.1) is 10.1 Å². The second-order valence-electron chi connectivity index (χ2n) is 4.14. The molecule has 0 aromatic carbocycles. The summed E-state index contributed by atoms with van der Waals surface area (Å²) < 4.78 is 1.43. The number of nitrogens with one attached hydrogen (secondary N) is 1. The zero-order valence-electron chi connectivity index (χ0n) is 10.7. The molecule has 0 spiro atoms. The van der Waals surface area contributed by atoms with E-state index in [0.717, 1.165) is 6.07 Å². The van der Waals surface area contributed by atoms with Crippen molar-refractivity contribution in [3.63, 3.8) is 0 Å². The Labute approximate surface area is 123 Å². The Morgan fingerprint density at radius 2 is 2.29 bits per heavy atom. The molecule has 0 aliphatic carbocycles. The van der Waals surface area contributed by atoms with Crippen LogP contribution >= 0.6 is 11.6 Å². The number of carbonyl (C=O) groups is 1. The molecule has 2 heterocycles. The maximum absolute atomic E-state index is 11.3. The fraction of sp³-hybridized carbons (Fsp3) is 0.182. The van der Waals surface area contributed by atoms with Gasteiger partial charge in [-0.1, -0.05) is 11.6 Å². The molecule has 9 nitrogen and oxygen atoms in total. The third kappa shape index (κ3) is 3.26. The first kappa shape index (κ1) is 14.7. The summed E-state index contributed by atoms with van der Waals surface area (Å²) in [6, 6.07) is -0.120. The van der Waals surface area contributed by atoms with Crippen LogP contribution in [-0.2, 0) is 11.8 Å². The molecule has 0 radical (unpaired) electrons. The summed E-state index contributed by atoms with van der Waals surface area (Å²) in [5.41, 5.74) is -0.0614. The van der Waals surface area contributed by atoms with Crippen molar-refractivity contribution in [2.24, 2.45) is 7.05 Å². The first-order valence-corrected chi connectivity index (χ1v) is 6.04. The highest BCUT2D eigenvalue weighted by Gasteiger charge is 2.26. The predicted octanol–water partition coefficient (Wildman–Crippen LogP) is 1.61. The van der Waals surface area contributed by atoms with Gasteiger partial charge in [0.1, 0.15) is 0 Å². The number of aromatic nitrogens is 3.